The highest BCUT2D eigenvalue weighted by Gasteiger charge is 2.21. The van der Waals surface area contributed by atoms with E-state index in [2.05, 4.69) is 15.6 Å². The van der Waals surface area contributed by atoms with Crippen molar-refractivity contribution in [3.8, 4) is 0 Å². The van der Waals surface area contributed by atoms with E-state index < -0.39 is 5.41 Å². The summed E-state index contributed by atoms with van der Waals surface area (Å²) in [6, 6.07) is 0. The molecule has 0 unspecified atom stereocenters. The monoisotopic (exact) mass is 243 g/mol. The zero-order chi connectivity index (χ0) is 12.2. The molecule has 2 N–H and O–H groups in total. The number of carbonyl (C=O) groups excluding carboxylic acids is 2. The van der Waals surface area contributed by atoms with Gasteiger partial charge in [-0.05, 0) is 0 Å². The molecule has 0 spiro atoms. The van der Waals surface area contributed by atoms with Gasteiger partial charge in [-0.15, -0.1) is 0 Å². The molecule has 0 bridgehead atoms. The molecule has 0 aromatic carbocycles. The molecule has 0 atom stereocenters. The lowest BCUT2D eigenvalue weighted by molar-refractivity contribution is -0.130. The normalized spacial score (nSPS) is 15.6. The van der Waals surface area contributed by atoms with Crippen molar-refractivity contribution in [2.45, 2.75) is 20.8 Å². The number of nitrogens with one attached hydrogen (secondary N) is 2. The molecule has 1 aliphatic rings. The van der Waals surface area contributed by atoms with Crippen LogP contribution in [0.5, 0.6) is 0 Å². The number of hydrogen-bond acceptors (Lipinski definition) is 4. The molecular weight excluding hydrogens is 226 g/mol. The van der Waals surface area contributed by atoms with Crippen LogP contribution in [-0.2, 0) is 9.59 Å². The van der Waals surface area contributed by atoms with Gasteiger partial charge in [-0.2, -0.15) is 0 Å². The van der Waals surface area contributed by atoms with E-state index in [1.165, 1.54) is 11.8 Å². The van der Waals surface area contributed by atoms with Gasteiger partial charge in [0.05, 0.1) is 13.1 Å². The first-order valence-electron chi connectivity index (χ1n) is 5.15. The number of amidine groups is 1. The van der Waals surface area contributed by atoms with Crippen molar-refractivity contribution in [1.82, 2.24) is 10.6 Å². The predicted molar refractivity (Wildman–Crippen MR) is 65.4 cm³/mol. The third kappa shape index (κ3) is 4.22. The maximum Gasteiger partial charge on any atom is 0.245 e. The number of thioether (sulfide) groups is 1. The molecule has 0 aromatic heterocycles. The van der Waals surface area contributed by atoms with Crippen LogP contribution in [0.25, 0.3) is 0 Å². The Morgan fingerprint density at radius 3 is 2.62 bits per heavy atom. The summed E-state index contributed by atoms with van der Waals surface area (Å²) in [7, 11) is 0. The van der Waals surface area contributed by atoms with Crippen LogP contribution in [0.2, 0.25) is 0 Å². The molecule has 0 aromatic rings. The largest absolute Gasteiger partial charge is 0.347 e. The standard InChI is InChI=1S/C10H17N3O2S/c1-10(2,3)8(15)12-6-7(14)13-9-11-4-5-16-9/h4-6H2,1-3H3,(H,12,15)(H,11,13,14). The van der Waals surface area contributed by atoms with Crippen molar-refractivity contribution < 1.29 is 9.59 Å². The molecular formula is C10H17N3O2S. The number of aliphatic imine (C=N–C) groups is 1. The summed E-state index contributed by atoms with van der Waals surface area (Å²) in [5, 5.41) is 5.87. The van der Waals surface area contributed by atoms with E-state index in [0.717, 1.165) is 12.3 Å². The highest BCUT2D eigenvalue weighted by atomic mass is 32.2. The summed E-state index contributed by atoms with van der Waals surface area (Å²) >= 11 is 1.52. The van der Waals surface area contributed by atoms with Crippen LogP contribution in [0.3, 0.4) is 0 Å². The first kappa shape index (κ1) is 13.0. The summed E-state index contributed by atoms with van der Waals surface area (Å²) in [5.41, 5.74) is -0.472. The summed E-state index contributed by atoms with van der Waals surface area (Å²) < 4.78 is 0. The molecule has 2 amide bonds. The van der Waals surface area contributed by atoms with Crippen molar-refractivity contribution in [2.24, 2.45) is 10.4 Å². The van der Waals surface area contributed by atoms with E-state index in [-0.39, 0.29) is 18.4 Å². The van der Waals surface area contributed by atoms with E-state index in [1.54, 1.807) is 20.8 Å². The second-order valence-electron chi connectivity index (χ2n) is 4.52. The van der Waals surface area contributed by atoms with Gasteiger partial charge in [0, 0.05) is 11.2 Å². The Morgan fingerprint density at radius 1 is 1.44 bits per heavy atom. The van der Waals surface area contributed by atoms with Gasteiger partial charge in [-0.25, -0.2) is 0 Å². The number of amides is 2. The minimum atomic E-state index is -0.472. The highest BCUT2D eigenvalue weighted by Crippen LogP contribution is 2.12. The molecule has 1 rings (SSSR count). The van der Waals surface area contributed by atoms with Crippen molar-refractivity contribution in [2.75, 3.05) is 18.8 Å². The van der Waals surface area contributed by atoms with Crippen LogP contribution < -0.4 is 10.6 Å². The molecule has 16 heavy (non-hydrogen) atoms. The van der Waals surface area contributed by atoms with E-state index in [0.29, 0.717) is 5.17 Å². The molecule has 0 radical (unpaired) electrons. The zero-order valence-corrected chi connectivity index (χ0v) is 10.6. The van der Waals surface area contributed by atoms with E-state index >= 15 is 0 Å². The Hall–Kier alpha value is -1.04. The molecule has 6 heteroatoms. The van der Waals surface area contributed by atoms with Crippen LogP contribution in [0.4, 0.5) is 0 Å². The maximum absolute atomic E-state index is 11.5. The van der Waals surface area contributed by atoms with Crippen LogP contribution in [-0.4, -0.2) is 35.8 Å². The quantitative estimate of drug-likeness (QED) is 0.736. The summed E-state index contributed by atoms with van der Waals surface area (Å²) in [5.74, 6) is 0.540. The number of carbonyl (C=O) groups is 2. The van der Waals surface area contributed by atoms with Gasteiger partial charge < -0.3 is 10.6 Å². The van der Waals surface area contributed by atoms with Gasteiger partial charge in [-0.3, -0.25) is 14.6 Å². The maximum atomic E-state index is 11.5. The molecule has 5 nitrogen and oxygen atoms in total. The third-order valence-corrected chi connectivity index (χ3v) is 2.81. The van der Waals surface area contributed by atoms with E-state index in [1.807, 2.05) is 0 Å². The molecule has 0 saturated heterocycles. The lowest BCUT2D eigenvalue weighted by Gasteiger charge is -2.17. The lowest BCUT2D eigenvalue weighted by Crippen LogP contribution is -2.42. The lowest BCUT2D eigenvalue weighted by atomic mass is 9.96. The topological polar surface area (TPSA) is 70.6 Å². The SMILES string of the molecule is CC(C)(C)C(=O)NCC(=O)NC1=NCCS1. The number of rotatable bonds is 2. The fourth-order valence-electron chi connectivity index (χ4n) is 1.000. The zero-order valence-electron chi connectivity index (χ0n) is 9.79. The first-order chi connectivity index (χ1) is 7.39. The van der Waals surface area contributed by atoms with E-state index in [4.69, 9.17) is 0 Å². The van der Waals surface area contributed by atoms with E-state index in [9.17, 15) is 9.59 Å². The van der Waals surface area contributed by atoms with Gasteiger partial charge in [0.15, 0.2) is 5.17 Å². The highest BCUT2D eigenvalue weighted by molar-refractivity contribution is 8.14. The average Bonchev–Trinajstić information content (AvgIpc) is 2.65. The molecule has 0 fully saturated rings. The molecule has 0 aliphatic carbocycles. The number of hydrogen-bond donors (Lipinski definition) is 2. The minimum absolute atomic E-state index is 0.00428. The van der Waals surface area contributed by atoms with Crippen LogP contribution in [0.15, 0.2) is 4.99 Å². The molecule has 1 heterocycles. The molecule has 1 aliphatic heterocycles. The van der Waals surface area contributed by atoms with Crippen molar-refractivity contribution in [3.05, 3.63) is 0 Å². The van der Waals surface area contributed by atoms with Gasteiger partial charge >= 0.3 is 0 Å². The van der Waals surface area contributed by atoms with Gasteiger partial charge in [-0.1, -0.05) is 32.5 Å². The second-order valence-corrected chi connectivity index (χ2v) is 5.60. The Morgan fingerprint density at radius 2 is 2.12 bits per heavy atom. The van der Waals surface area contributed by atoms with Gasteiger partial charge in [0.2, 0.25) is 11.8 Å². The summed E-state index contributed by atoms with van der Waals surface area (Å²) in [4.78, 5) is 27.0. The molecule has 90 valence electrons. The summed E-state index contributed by atoms with van der Waals surface area (Å²) in [6.07, 6.45) is 0. The summed E-state index contributed by atoms with van der Waals surface area (Å²) in [6.45, 7) is 6.15. The Bertz CT molecular complexity index is 321. The van der Waals surface area contributed by atoms with Crippen molar-refractivity contribution in [3.63, 3.8) is 0 Å². The van der Waals surface area contributed by atoms with Gasteiger partial charge in [0.25, 0.3) is 0 Å². The van der Waals surface area contributed by atoms with Crippen LogP contribution in [0, 0.1) is 5.41 Å². The fourth-order valence-corrected chi connectivity index (χ4v) is 1.74. The third-order valence-electron chi connectivity index (χ3n) is 1.92. The first-order valence-corrected chi connectivity index (χ1v) is 6.13. The van der Waals surface area contributed by atoms with Crippen molar-refractivity contribution in [1.29, 1.82) is 0 Å². The van der Waals surface area contributed by atoms with Crippen LogP contribution in [0.1, 0.15) is 20.8 Å². The average molecular weight is 243 g/mol. The predicted octanol–water partition coefficient (Wildman–Crippen LogP) is 0.368. The van der Waals surface area contributed by atoms with Gasteiger partial charge in [0.1, 0.15) is 0 Å². The Kier molecular flexibility index (Phi) is 4.35. The second kappa shape index (κ2) is 5.34. The van der Waals surface area contributed by atoms with Crippen molar-refractivity contribution >= 4 is 28.7 Å². The molecule has 0 saturated carbocycles. The number of nitrogens with zero attached hydrogens (tertiary/aromatic N) is 1. The fraction of sp³-hybridized carbons (Fsp3) is 0.700. The minimum Gasteiger partial charge on any atom is -0.347 e. The Balaban J connectivity index is 2.27. The van der Waals surface area contributed by atoms with Crippen LogP contribution >= 0.6 is 11.8 Å². The Labute approximate surface area is 99.5 Å². The smallest absolute Gasteiger partial charge is 0.245 e.